The highest BCUT2D eigenvalue weighted by Gasteiger charge is 2.26. The SMILES string of the molecule is Cc1cc([C@H]2CCCCN2Cc2ccc3ccn(C)c3c2)no1. The van der Waals surface area contributed by atoms with E-state index in [2.05, 4.69) is 58.2 Å². The second-order valence-corrected chi connectivity index (χ2v) is 6.66. The summed E-state index contributed by atoms with van der Waals surface area (Å²) in [6.07, 6.45) is 5.82. The van der Waals surface area contributed by atoms with Crippen LogP contribution < -0.4 is 0 Å². The van der Waals surface area contributed by atoms with E-state index in [-0.39, 0.29) is 0 Å². The van der Waals surface area contributed by atoms with E-state index in [0.717, 1.165) is 24.5 Å². The van der Waals surface area contributed by atoms with Gasteiger partial charge in [0.25, 0.3) is 0 Å². The van der Waals surface area contributed by atoms with Crippen LogP contribution in [-0.4, -0.2) is 21.2 Å². The number of benzene rings is 1. The molecule has 0 amide bonds. The van der Waals surface area contributed by atoms with Gasteiger partial charge in [-0.15, -0.1) is 0 Å². The summed E-state index contributed by atoms with van der Waals surface area (Å²) < 4.78 is 7.49. The molecular weight excluding hydrogens is 286 g/mol. The first-order chi connectivity index (χ1) is 11.2. The molecule has 0 N–H and O–H groups in total. The molecule has 4 nitrogen and oxygen atoms in total. The quantitative estimate of drug-likeness (QED) is 0.727. The van der Waals surface area contributed by atoms with Crippen LogP contribution in [0.3, 0.4) is 0 Å². The van der Waals surface area contributed by atoms with Crippen molar-refractivity contribution < 1.29 is 4.52 Å². The van der Waals surface area contributed by atoms with Crippen LogP contribution in [0.4, 0.5) is 0 Å². The van der Waals surface area contributed by atoms with Gasteiger partial charge >= 0.3 is 0 Å². The van der Waals surface area contributed by atoms with E-state index < -0.39 is 0 Å². The molecule has 1 saturated heterocycles. The highest BCUT2D eigenvalue weighted by molar-refractivity contribution is 5.80. The van der Waals surface area contributed by atoms with Crippen LogP contribution >= 0.6 is 0 Å². The number of likely N-dealkylation sites (tertiary alicyclic amines) is 1. The molecule has 3 aromatic rings. The molecule has 4 heteroatoms. The number of aryl methyl sites for hydroxylation is 2. The van der Waals surface area contributed by atoms with Crippen molar-refractivity contribution >= 4 is 10.9 Å². The molecule has 0 unspecified atom stereocenters. The van der Waals surface area contributed by atoms with E-state index >= 15 is 0 Å². The van der Waals surface area contributed by atoms with Gasteiger partial charge in [-0.25, -0.2) is 0 Å². The Labute approximate surface area is 136 Å². The molecular formula is C19H23N3O. The fourth-order valence-electron chi connectivity index (χ4n) is 3.70. The van der Waals surface area contributed by atoms with Crippen molar-refractivity contribution in [1.82, 2.24) is 14.6 Å². The van der Waals surface area contributed by atoms with Gasteiger partial charge < -0.3 is 9.09 Å². The summed E-state index contributed by atoms with van der Waals surface area (Å²) in [7, 11) is 2.11. The molecule has 0 aliphatic carbocycles. The Bertz CT molecular complexity index is 817. The molecule has 1 fully saturated rings. The topological polar surface area (TPSA) is 34.2 Å². The minimum atomic E-state index is 0.380. The van der Waals surface area contributed by atoms with Gasteiger partial charge in [-0.05, 0) is 49.4 Å². The number of fused-ring (bicyclic) bond motifs is 1. The van der Waals surface area contributed by atoms with Gasteiger partial charge in [-0.1, -0.05) is 23.7 Å². The predicted molar refractivity (Wildman–Crippen MR) is 91.2 cm³/mol. The van der Waals surface area contributed by atoms with Crippen molar-refractivity contribution in [3.05, 3.63) is 53.5 Å². The predicted octanol–water partition coefficient (Wildman–Crippen LogP) is 4.20. The number of hydrogen-bond acceptors (Lipinski definition) is 3. The fourth-order valence-corrected chi connectivity index (χ4v) is 3.70. The number of piperidine rings is 1. The van der Waals surface area contributed by atoms with Gasteiger partial charge in [0.15, 0.2) is 0 Å². The van der Waals surface area contributed by atoms with Crippen LogP contribution in [0.1, 0.15) is 42.3 Å². The zero-order valence-corrected chi connectivity index (χ0v) is 13.8. The second kappa shape index (κ2) is 5.85. The summed E-state index contributed by atoms with van der Waals surface area (Å²) >= 11 is 0. The summed E-state index contributed by atoms with van der Waals surface area (Å²) in [5, 5.41) is 5.57. The van der Waals surface area contributed by atoms with Crippen molar-refractivity contribution in [2.75, 3.05) is 6.54 Å². The maximum atomic E-state index is 5.30. The lowest BCUT2D eigenvalue weighted by Gasteiger charge is -2.34. The Hall–Kier alpha value is -2.07. The first kappa shape index (κ1) is 14.5. The van der Waals surface area contributed by atoms with Crippen molar-refractivity contribution in [1.29, 1.82) is 0 Å². The third kappa shape index (κ3) is 2.79. The third-order valence-electron chi connectivity index (χ3n) is 4.94. The van der Waals surface area contributed by atoms with Crippen LogP contribution in [0.5, 0.6) is 0 Å². The lowest BCUT2D eigenvalue weighted by atomic mass is 9.98. The third-order valence-corrected chi connectivity index (χ3v) is 4.94. The molecule has 1 aromatic carbocycles. The van der Waals surface area contributed by atoms with Gasteiger partial charge in [0.05, 0.1) is 6.04 Å². The van der Waals surface area contributed by atoms with E-state index in [1.807, 2.05) is 6.92 Å². The van der Waals surface area contributed by atoms with E-state index in [1.165, 1.54) is 35.7 Å². The maximum absolute atomic E-state index is 5.30. The number of hydrogen-bond donors (Lipinski definition) is 0. The maximum Gasteiger partial charge on any atom is 0.133 e. The molecule has 1 aliphatic heterocycles. The zero-order valence-electron chi connectivity index (χ0n) is 13.8. The molecule has 120 valence electrons. The molecule has 3 heterocycles. The van der Waals surface area contributed by atoms with Crippen LogP contribution in [0.15, 0.2) is 41.1 Å². The standard InChI is InChI=1S/C19H23N3O/c1-14-11-17(20-23-14)18-5-3-4-9-22(18)13-15-6-7-16-8-10-21(2)19(16)12-15/h6-8,10-12,18H,3-5,9,13H2,1-2H3/t18-/m1/s1. The van der Waals surface area contributed by atoms with Crippen molar-refractivity contribution in [2.24, 2.45) is 7.05 Å². The fraction of sp³-hybridized carbons (Fsp3) is 0.421. The first-order valence-electron chi connectivity index (χ1n) is 8.42. The van der Waals surface area contributed by atoms with Crippen LogP contribution in [0.2, 0.25) is 0 Å². The first-order valence-corrected chi connectivity index (χ1v) is 8.42. The van der Waals surface area contributed by atoms with Crippen LogP contribution in [-0.2, 0) is 13.6 Å². The van der Waals surface area contributed by atoms with E-state index in [0.29, 0.717) is 6.04 Å². The van der Waals surface area contributed by atoms with E-state index in [9.17, 15) is 0 Å². The molecule has 1 atom stereocenters. The smallest absolute Gasteiger partial charge is 0.133 e. The summed E-state index contributed by atoms with van der Waals surface area (Å²) in [6, 6.07) is 11.4. The summed E-state index contributed by atoms with van der Waals surface area (Å²) in [5.74, 6) is 0.899. The summed E-state index contributed by atoms with van der Waals surface area (Å²) in [6.45, 7) is 4.06. The molecule has 23 heavy (non-hydrogen) atoms. The van der Waals surface area contributed by atoms with Gasteiger partial charge in [-0.2, -0.15) is 0 Å². The lowest BCUT2D eigenvalue weighted by Crippen LogP contribution is -2.33. The number of aromatic nitrogens is 2. The molecule has 0 spiro atoms. The molecule has 1 aliphatic rings. The largest absolute Gasteiger partial charge is 0.361 e. The monoisotopic (exact) mass is 309 g/mol. The summed E-state index contributed by atoms with van der Waals surface area (Å²) in [4.78, 5) is 2.55. The average Bonchev–Trinajstić information content (AvgIpc) is 3.15. The van der Waals surface area contributed by atoms with Gasteiger partial charge in [0, 0.05) is 31.4 Å². The van der Waals surface area contributed by atoms with Crippen molar-refractivity contribution in [3.8, 4) is 0 Å². The molecule has 0 saturated carbocycles. The second-order valence-electron chi connectivity index (χ2n) is 6.66. The van der Waals surface area contributed by atoms with Crippen molar-refractivity contribution in [2.45, 2.75) is 38.8 Å². The normalized spacial score (nSPS) is 19.5. The Morgan fingerprint density at radius 3 is 2.96 bits per heavy atom. The minimum Gasteiger partial charge on any atom is -0.361 e. The van der Waals surface area contributed by atoms with Crippen LogP contribution in [0.25, 0.3) is 10.9 Å². The highest BCUT2D eigenvalue weighted by Crippen LogP contribution is 2.32. The minimum absolute atomic E-state index is 0.380. The zero-order chi connectivity index (χ0) is 15.8. The van der Waals surface area contributed by atoms with Gasteiger partial charge in [-0.3, -0.25) is 4.90 Å². The van der Waals surface area contributed by atoms with Crippen molar-refractivity contribution in [3.63, 3.8) is 0 Å². The number of rotatable bonds is 3. The lowest BCUT2D eigenvalue weighted by molar-refractivity contribution is 0.134. The Kier molecular flexibility index (Phi) is 3.69. The number of nitrogens with zero attached hydrogens (tertiary/aromatic N) is 3. The summed E-state index contributed by atoms with van der Waals surface area (Å²) in [5.41, 5.74) is 3.75. The average molecular weight is 309 g/mol. The van der Waals surface area contributed by atoms with E-state index in [1.54, 1.807) is 0 Å². The molecule has 2 aromatic heterocycles. The van der Waals surface area contributed by atoms with Gasteiger partial charge in [0.2, 0.25) is 0 Å². The molecule has 0 bridgehead atoms. The van der Waals surface area contributed by atoms with Gasteiger partial charge in [0.1, 0.15) is 11.5 Å². The Morgan fingerprint density at radius 1 is 1.22 bits per heavy atom. The molecule has 4 rings (SSSR count). The van der Waals surface area contributed by atoms with Crippen LogP contribution in [0, 0.1) is 6.92 Å². The van der Waals surface area contributed by atoms with E-state index in [4.69, 9.17) is 4.52 Å². The Balaban J connectivity index is 1.60. The highest BCUT2D eigenvalue weighted by atomic mass is 16.5. The Morgan fingerprint density at radius 2 is 2.13 bits per heavy atom. The molecule has 0 radical (unpaired) electrons.